The first-order valence-electron chi connectivity index (χ1n) is 4.92. The lowest BCUT2D eigenvalue weighted by molar-refractivity contribution is 0.401. The molecule has 2 rings (SSSR count). The first-order valence-corrected chi connectivity index (χ1v) is 4.92. The van der Waals surface area contributed by atoms with Crippen LogP contribution in [-0.4, -0.2) is 12.1 Å². The molecule has 0 atom stereocenters. The van der Waals surface area contributed by atoms with Crippen molar-refractivity contribution in [3.63, 3.8) is 0 Å². The summed E-state index contributed by atoms with van der Waals surface area (Å²) in [5.74, 6) is 1.14. The normalized spacial score (nSPS) is 9.81. The molecule has 1 aromatic carbocycles. The smallest absolute Gasteiger partial charge is 0.238 e. The third kappa shape index (κ3) is 2.23. The molecule has 16 heavy (non-hydrogen) atoms. The zero-order valence-corrected chi connectivity index (χ0v) is 8.97. The largest absolute Gasteiger partial charge is 0.479 e. The van der Waals surface area contributed by atoms with Gasteiger partial charge in [0.25, 0.3) is 0 Å². The fourth-order valence-corrected chi connectivity index (χ4v) is 1.35. The molecule has 4 heteroatoms. The van der Waals surface area contributed by atoms with Crippen LogP contribution in [0.25, 0.3) is 0 Å². The van der Waals surface area contributed by atoms with Crippen LogP contribution in [0.3, 0.4) is 0 Å². The van der Waals surface area contributed by atoms with Crippen molar-refractivity contribution in [2.75, 3.05) is 18.2 Å². The number of nitrogens with two attached hydrogens (primary N) is 1. The monoisotopic (exact) mass is 215 g/mol. The highest BCUT2D eigenvalue weighted by atomic mass is 16.5. The van der Waals surface area contributed by atoms with Gasteiger partial charge < -0.3 is 15.8 Å². The molecule has 0 radical (unpaired) electrons. The summed E-state index contributed by atoms with van der Waals surface area (Å²) in [6.45, 7) is 0. The van der Waals surface area contributed by atoms with Crippen LogP contribution in [0.1, 0.15) is 0 Å². The van der Waals surface area contributed by atoms with Crippen LogP contribution in [0.2, 0.25) is 0 Å². The Morgan fingerprint density at radius 2 is 1.88 bits per heavy atom. The van der Waals surface area contributed by atoms with Crippen LogP contribution < -0.4 is 15.8 Å². The standard InChI is InChI=1S/C12H13N3O/c1-16-12-10(13)7-8-11(15-12)14-9-5-3-2-4-6-9/h2-8H,13H2,1H3,(H,14,15). The van der Waals surface area contributed by atoms with E-state index < -0.39 is 0 Å². The van der Waals surface area contributed by atoms with Gasteiger partial charge >= 0.3 is 0 Å². The lowest BCUT2D eigenvalue weighted by Crippen LogP contribution is -1.99. The van der Waals surface area contributed by atoms with Crippen molar-refractivity contribution in [3.8, 4) is 5.88 Å². The van der Waals surface area contributed by atoms with Crippen molar-refractivity contribution < 1.29 is 4.74 Å². The number of rotatable bonds is 3. The van der Waals surface area contributed by atoms with Gasteiger partial charge in [-0.3, -0.25) is 0 Å². The number of pyridine rings is 1. The predicted octanol–water partition coefficient (Wildman–Crippen LogP) is 2.42. The molecule has 0 amide bonds. The molecule has 0 spiro atoms. The Kier molecular flexibility index (Phi) is 2.91. The number of ether oxygens (including phenoxy) is 1. The van der Waals surface area contributed by atoms with Crippen molar-refractivity contribution in [3.05, 3.63) is 42.5 Å². The van der Waals surface area contributed by atoms with E-state index in [9.17, 15) is 0 Å². The highest BCUT2D eigenvalue weighted by molar-refractivity contribution is 5.60. The fourth-order valence-electron chi connectivity index (χ4n) is 1.35. The van der Waals surface area contributed by atoms with Gasteiger partial charge in [0, 0.05) is 5.69 Å². The van der Waals surface area contributed by atoms with Crippen molar-refractivity contribution in [2.24, 2.45) is 0 Å². The van der Waals surface area contributed by atoms with Crippen LogP contribution in [0.15, 0.2) is 42.5 Å². The van der Waals surface area contributed by atoms with E-state index in [1.165, 1.54) is 0 Å². The number of hydrogen-bond donors (Lipinski definition) is 2. The van der Waals surface area contributed by atoms with Crippen LogP contribution in [-0.2, 0) is 0 Å². The molecular weight excluding hydrogens is 202 g/mol. The molecule has 0 aliphatic heterocycles. The minimum atomic E-state index is 0.431. The maximum Gasteiger partial charge on any atom is 0.238 e. The zero-order valence-electron chi connectivity index (χ0n) is 8.97. The predicted molar refractivity (Wildman–Crippen MR) is 64.9 cm³/mol. The number of hydrogen-bond acceptors (Lipinski definition) is 4. The quantitative estimate of drug-likeness (QED) is 0.825. The highest BCUT2D eigenvalue weighted by Gasteiger charge is 2.02. The Hall–Kier alpha value is -2.23. The molecule has 2 aromatic rings. The number of methoxy groups -OCH3 is 1. The minimum absolute atomic E-state index is 0.431. The molecule has 0 aliphatic rings. The highest BCUT2D eigenvalue weighted by Crippen LogP contribution is 2.22. The molecular formula is C12H13N3O. The van der Waals surface area contributed by atoms with Gasteiger partial charge in [-0.25, -0.2) is 0 Å². The van der Waals surface area contributed by atoms with Crippen LogP contribution >= 0.6 is 0 Å². The number of para-hydroxylation sites is 1. The van der Waals surface area contributed by atoms with Crippen molar-refractivity contribution >= 4 is 17.2 Å². The van der Waals surface area contributed by atoms with Crippen molar-refractivity contribution in [2.45, 2.75) is 0 Å². The van der Waals surface area contributed by atoms with Gasteiger partial charge in [0.15, 0.2) is 0 Å². The Bertz CT molecular complexity index is 471. The van der Waals surface area contributed by atoms with E-state index in [4.69, 9.17) is 10.5 Å². The Labute approximate surface area is 94.1 Å². The van der Waals surface area contributed by atoms with Crippen LogP contribution in [0, 0.1) is 0 Å². The third-order valence-corrected chi connectivity index (χ3v) is 2.13. The Morgan fingerprint density at radius 3 is 2.56 bits per heavy atom. The molecule has 3 N–H and O–H groups in total. The molecule has 0 unspecified atom stereocenters. The summed E-state index contributed by atoms with van der Waals surface area (Å²) < 4.78 is 5.05. The molecule has 82 valence electrons. The SMILES string of the molecule is COc1nc(Nc2ccccc2)ccc1N. The topological polar surface area (TPSA) is 60.2 Å². The third-order valence-electron chi connectivity index (χ3n) is 2.13. The van der Waals surface area contributed by atoms with E-state index in [-0.39, 0.29) is 0 Å². The van der Waals surface area contributed by atoms with Crippen molar-refractivity contribution in [1.82, 2.24) is 4.98 Å². The number of benzene rings is 1. The summed E-state index contributed by atoms with van der Waals surface area (Å²) in [5, 5.41) is 3.16. The van der Waals surface area contributed by atoms with Gasteiger partial charge in [0.05, 0.1) is 12.8 Å². The summed E-state index contributed by atoms with van der Waals surface area (Å²) in [5.41, 5.74) is 7.18. The number of anilines is 3. The average molecular weight is 215 g/mol. The first-order chi connectivity index (χ1) is 7.79. The maximum absolute atomic E-state index is 5.68. The maximum atomic E-state index is 5.68. The number of nitrogen functional groups attached to an aromatic ring is 1. The van der Waals surface area contributed by atoms with E-state index in [0.29, 0.717) is 17.4 Å². The Morgan fingerprint density at radius 1 is 1.12 bits per heavy atom. The molecule has 0 fully saturated rings. The minimum Gasteiger partial charge on any atom is -0.479 e. The molecule has 1 aromatic heterocycles. The molecule has 0 saturated heterocycles. The lowest BCUT2D eigenvalue weighted by atomic mass is 10.3. The lowest BCUT2D eigenvalue weighted by Gasteiger charge is -2.08. The number of aromatic nitrogens is 1. The molecule has 4 nitrogen and oxygen atoms in total. The average Bonchev–Trinajstić information content (AvgIpc) is 2.33. The van der Waals surface area contributed by atoms with E-state index in [2.05, 4.69) is 10.3 Å². The van der Waals surface area contributed by atoms with Gasteiger partial charge in [0.2, 0.25) is 5.88 Å². The van der Waals surface area contributed by atoms with Crippen LogP contribution in [0.5, 0.6) is 5.88 Å². The second kappa shape index (κ2) is 4.53. The fraction of sp³-hybridized carbons (Fsp3) is 0.0833. The van der Waals surface area contributed by atoms with E-state index in [1.54, 1.807) is 13.2 Å². The van der Waals surface area contributed by atoms with Gasteiger partial charge in [0.1, 0.15) is 5.82 Å². The first kappa shape index (κ1) is 10.3. The summed E-state index contributed by atoms with van der Waals surface area (Å²) in [6.07, 6.45) is 0. The Balaban J connectivity index is 2.22. The molecule has 1 heterocycles. The second-order valence-electron chi connectivity index (χ2n) is 3.29. The second-order valence-corrected chi connectivity index (χ2v) is 3.29. The summed E-state index contributed by atoms with van der Waals surface area (Å²) >= 11 is 0. The van der Waals surface area contributed by atoms with Crippen LogP contribution in [0.4, 0.5) is 17.2 Å². The van der Waals surface area contributed by atoms with Gasteiger partial charge in [-0.2, -0.15) is 4.98 Å². The molecule has 0 saturated carbocycles. The summed E-state index contributed by atoms with van der Waals surface area (Å²) in [7, 11) is 1.55. The summed E-state index contributed by atoms with van der Waals surface area (Å²) in [4.78, 5) is 4.23. The molecule has 0 aliphatic carbocycles. The van der Waals surface area contributed by atoms with E-state index in [1.807, 2.05) is 36.4 Å². The summed E-state index contributed by atoms with van der Waals surface area (Å²) in [6, 6.07) is 13.4. The van der Waals surface area contributed by atoms with Gasteiger partial charge in [-0.15, -0.1) is 0 Å². The molecule has 0 bridgehead atoms. The van der Waals surface area contributed by atoms with E-state index >= 15 is 0 Å². The van der Waals surface area contributed by atoms with E-state index in [0.717, 1.165) is 5.69 Å². The van der Waals surface area contributed by atoms with Crippen molar-refractivity contribution in [1.29, 1.82) is 0 Å². The van der Waals surface area contributed by atoms with Gasteiger partial charge in [-0.1, -0.05) is 18.2 Å². The zero-order chi connectivity index (χ0) is 11.4. The number of nitrogens with zero attached hydrogens (tertiary/aromatic N) is 1. The van der Waals surface area contributed by atoms with Gasteiger partial charge in [-0.05, 0) is 24.3 Å². The number of nitrogens with one attached hydrogen (secondary N) is 1.